The second-order valence-corrected chi connectivity index (χ2v) is 20.1. The van der Waals surface area contributed by atoms with Gasteiger partial charge in [0.2, 0.25) is 0 Å². The first-order valence-electron chi connectivity index (χ1n) is 23.3. The van der Waals surface area contributed by atoms with Gasteiger partial charge in [0.25, 0.3) is 0 Å². The van der Waals surface area contributed by atoms with Gasteiger partial charge in [0, 0.05) is 42.3 Å². The molecular formula is C64H41NOS. The zero-order valence-corrected chi connectivity index (χ0v) is 37.8. The summed E-state index contributed by atoms with van der Waals surface area (Å²) in [6.45, 7) is 4.74. The molecule has 1 spiro atoms. The van der Waals surface area contributed by atoms with E-state index in [2.05, 4.69) is 231 Å². The van der Waals surface area contributed by atoms with Crippen molar-refractivity contribution in [1.82, 2.24) is 0 Å². The molecule has 3 aliphatic carbocycles. The molecule has 2 nitrogen and oxygen atoms in total. The van der Waals surface area contributed by atoms with Gasteiger partial charge < -0.3 is 9.32 Å². The number of hydrogen-bond donors (Lipinski definition) is 0. The van der Waals surface area contributed by atoms with Gasteiger partial charge in [-0.15, -0.1) is 11.3 Å². The van der Waals surface area contributed by atoms with Gasteiger partial charge in [0.15, 0.2) is 0 Å². The molecule has 0 N–H and O–H groups in total. The second kappa shape index (κ2) is 13.3. The van der Waals surface area contributed by atoms with Crippen molar-refractivity contribution in [2.75, 3.05) is 4.90 Å². The van der Waals surface area contributed by atoms with Crippen molar-refractivity contribution in [3.05, 3.63) is 246 Å². The van der Waals surface area contributed by atoms with Crippen LogP contribution in [0.2, 0.25) is 0 Å². The SMILES string of the molecule is CC1(C)c2ccccc2-c2ccc(N(c3ccc4c(c3)-c3ccccc3-c3ccccc3C43c4ccccc4-c4c3ccc3sc5ccccc5c43)c3cccc4oc5ccccc5c34)cc21. The fraction of sp³-hybridized carbons (Fsp3) is 0.0625. The predicted octanol–water partition coefficient (Wildman–Crippen LogP) is 17.7. The van der Waals surface area contributed by atoms with Crippen LogP contribution in [0.1, 0.15) is 47.2 Å². The summed E-state index contributed by atoms with van der Waals surface area (Å²) in [7, 11) is 0. The molecule has 10 aromatic carbocycles. The Bertz CT molecular complexity index is 4110. The van der Waals surface area contributed by atoms with E-state index in [0.717, 1.165) is 39.0 Å². The first-order chi connectivity index (χ1) is 33.0. The fourth-order valence-electron chi connectivity index (χ4n) is 12.7. The molecule has 67 heavy (non-hydrogen) atoms. The zero-order chi connectivity index (χ0) is 44.2. The molecule has 15 rings (SSSR count). The van der Waals surface area contributed by atoms with E-state index in [1.165, 1.54) is 98.1 Å². The largest absolute Gasteiger partial charge is 0.456 e. The van der Waals surface area contributed by atoms with E-state index in [-0.39, 0.29) is 5.41 Å². The molecule has 12 aromatic rings. The summed E-state index contributed by atoms with van der Waals surface area (Å²) in [5.41, 5.74) is 22.5. The number of nitrogens with zero attached hydrogens (tertiary/aromatic N) is 1. The van der Waals surface area contributed by atoms with Crippen LogP contribution in [-0.2, 0) is 10.8 Å². The number of hydrogen-bond acceptors (Lipinski definition) is 3. The summed E-state index contributed by atoms with van der Waals surface area (Å²) in [5, 5.41) is 4.89. The van der Waals surface area contributed by atoms with E-state index < -0.39 is 5.41 Å². The molecule has 2 aromatic heterocycles. The molecule has 0 saturated heterocycles. The van der Waals surface area contributed by atoms with Crippen LogP contribution in [0.4, 0.5) is 17.1 Å². The van der Waals surface area contributed by atoms with E-state index >= 15 is 0 Å². The maximum absolute atomic E-state index is 6.61. The van der Waals surface area contributed by atoms with Crippen LogP contribution in [-0.4, -0.2) is 0 Å². The van der Waals surface area contributed by atoms with E-state index in [0.29, 0.717) is 0 Å². The Balaban J connectivity index is 1.06. The summed E-state index contributed by atoms with van der Waals surface area (Å²) in [6, 6.07) is 79.7. The van der Waals surface area contributed by atoms with Crippen molar-refractivity contribution < 1.29 is 4.42 Å². The van der Waals surface area contributed by atoms with E-state index in [1.54, 1.807) is 0 Å². The highest BCUT2D eigenvalue weighted by atomic mass is 32.1. The van der Waals surface area contributed by atoms with Crippen LogP contribution in [0.5, 0.6) is 0 Å². The summed E-state index contributed by atoms with van der Waals surface area (Å²) in [5.74, 6) is 0. The highest BCUT2D eigenvalue weighted by molar-refractivity contribution is 7.26. The number of fused-ring (bicyclic) bond motifs is 22. The Morgan fingerprint density at radius 1 is 0.373 bits per heavy atom. The number of benzene rings is 10. The Labute approximate surface area is 392 Å². The lowest BCUT2D eigenvalue weighted by molar-refractivity contribution is 0.660. The van der Waals surface area contributed by atoms with Crippen molar-refractivity contribution in [1.29, 1.82) is 0 Å². The number of rotatable bonds is 3. The second-order valence-electron chi connectivity index (χ2n) is 19.1. The van der Waals surface area contributed by atoms with Gasteiger partial charge in [0.05, 0.1) is 16.5 Å². The lowest BCUT2D eigenvalue weighted by atomic mass is 9.66. The minimum absolute atomic E-state index is 0.171. The summed E-state index contributed by atoms with van der Waals surface area (Å²) >= 11 is 1.90. The molecule has 2 heterocycles. The predicted molar refractivity (Wildman–Crippen MR) is 281 cm³/mol. The van der Waals surface area contributed by atoms with Crippen LogP contribution < -0.4 is 4.90 Å². The van der Waals surface area contributed by atoms with Gasteiger partial charge in [-0.2, -0.15) is 0 Å². The molecule has 1 atom stereocenters. The van der Waals surface area contributed by atoms with Gasteiger partial charge in [-0.25, -0.2) is 0 Å². The Morgan fingerprint density at radius 3 is 1.76 bits per heavy atom. The fourth-order valence-corrected chi connectivity index (χ4v) is 13.8. The lowest BCUT2D eigenvalue weighted by Crippen LogP contribution is -2.29. The van der Waals surface area contributed by atoms with E-state index in [9.17, 15) is 0 Å². The molecule has 3 heteroatoms. The van der Waals surface area contributed by atoms with Crippen molar-refractivity contribution in [2.24, 2.45) is 0 Å². The standard InChI is InChI=1S/C64H41NOS/c1-63(2)49-23-10-5-19-43(49)44-32-30-39(37-54(44)63)65(55-26-15-28-57-61(55)46-21-8-13-27-56(46)66-57)38-31-33-52-48(36-38)41-17-4-3-16-40(41)42-18-6-11-24-50(42)64(52)51-25-12-7-20-45(51)60-53(64)34-35-59-62(60)47-22-9-14-29-58(47)67-59/h3-37H,1-2H3. The van der Waals surface area contributed by atoms with Gasteiger partial charge in [0.1, 0.15) is 11.2 Å². The van der Waals surface area contributed by atoms with Crippen molar-refractivity contribution in [2.45, 2.75) is 24.7 Å². The quantitative estimate of drug-likeness (QED) is 0.176. The van der Waals surface area contributed by atoms with Crippen LogP contribution in [0.3, 0.4) is 0 Å². The number of furan rings is 1. The van der Waals surface area contributed by atoms with E-state index in [1.807, 2.05) is 11.3 Å². The van der Waals surface area contributed by atoms with Gasteiger partial charge in [-0.05, 0) is 132 Å². The Morgan fingerprint density at radius 2 is 0.940 bits per heavy atom. The molecule has 3 aliphatic rings. The molecule has 0 amide bonds. The van der Waals surface area contributed by atoms with E-state index in [4.69, 9.17) is 4.42 Å². The smallest absolute Gasteiger partial charge is 0.137 e. The average Bonchev–Trinajstić information content (AvgIpc) is 4.08. The monoisotopic (exact) mass is 871 g/mol. The average molecular weight is 872 g/mol. The van der Waals surface area contributed by atoms with Crippen LogP contribution in [0, 0.1) is 0 Å². The highest BCUT2D eigenvalue weighted by Crippen LogP contribution is 2.64. The number of para-hydroxylation sites is 1. The van der Waals surface area contributed by atoms with Crippen molar-refractivity contribution in [3.8, 4) is 44.5 Å². The highest BCUT2D eigenvalue weighted by Gasteiger charge is 2.50. The van der Waals surface area contributed by atoms with Gasteiger partial charge in [-0.3, -0.25) is 0 Å². The number of thiophene rings is 1. The van der Waals surface area contributed by atoms with Gasteiger partial charge in [-0.1, -0.05) is 172 Å². The van der Waals surface area contributed by atoms with Gasteiger partial charge >= 0.3 is 0 Å². The third-order valence-electron chi connectivity index (χ3n) is 15.5. The minimum Gasteiger partial charge on any atom is -0.456 e. The molecule has 0 aliphatic heterocycles. The maximum atomic E-state index is 6.61. The van der Waals surface area contributed by atoms with Crippen molar-refractivity contribution in [3.63, 3.8) is 0 Å². The molecule has 314 valence electrons. The summed E-state index contributed by atoms with van der Waals surface area (Å²) in [4.78, 5) is 2.49. The first kappa shape index (κ1) is 37.3. The zero-order valence-electron chi connectivity index (χ0n) is 37.0. The lowest BCUT2D eigenvalue weighted by Gasteiger charge is -2.36. The molecule has 0 bridgehead atoms. The topological polar surface area (TPSA) is 16.4 Å². The third kappa shape index (κ3) is 4.79. The third-order valence-corrected chi connectivity index (χ3v) is 16.6. The van der Waals surface area contributed by atoms with Crippen molar-refractivity contribution >= 4 is 70.5 Å². The summed E-state index contributed by atoms with van der Waals surface area (Å²) in [6.07, 6.45) is 0. The first-order valence-corrected chi connectivity index (χ1v) is 24.1. The molecular weight excluding hydrogens is 831 g/mol. The minimum atomic E-state index is -0.610. The Kier molecular flexibility index (Phi) is 7.41. The maximum Gasteiger partial charge on any atom is 0.137 e. The molecule has 0 saturated carbocycles. The molecule has 1 unspecified atom stereocenters. The van der Waals surface area contributed by atoms with Crippen LogP contribution in [0.25, 0.3) is 86.6 Å². The molecule has 0 fully saturated rings. The Hall–Kier alpha value is -7.98. The number of anilines is 3. The van der Waals surface area contributed by atoms with Crippen LogP contribution >= 0.6 is 11.3 Å². The summed E-state index contributed by atoms with van der Waals surface area (Å²) < 4.78 is 9.25. The van der Waals surface area contributed by atoms with Crippen LogP contribution in [0.15, 0.2) is 217 Å². The normalized spacial score (nSPS) is 15.8. The molecule has 0 radical (unpaired) electrons.